The highest BCUT2D eigenvalue weighted by atomic mass is 79.9. The van der Waals surface area contributed by atoms with Crippen LogP contribution in [0.4, 0.5) is 5.69 Å². The van der Waals surface area contributed by atoms with Crippen LogP contribution < -0.4 is 4.74 Å². The third-order valence-corrected chi connectivity index (χ3v) is 3.39. The summed E-state index contributed by atoms with van der Waals surface area (Å²) < 4.78 is 5.84. The lowest BCUT2D eigenvalue weighted by Gasteiger charge is -2.06. The Kier molecular flexibility index (Phi) is 5.11. The minimum Gasteiger partial charge on any atom is -0.481 e. The highest BCUT2D eigenvalue weighted by molar-refractivity contribution is 9.10. The number of hydrogen-bond donors (Lipinski definition) is 1. The van der Waals surface area contributed by atoms with Gasteiger partial charge in [0.25, 0.3) is 0 Å². The van der Waals surface area contributed by atoms with Gasteiger partial charge in [-0.2, -0.15) is 0 Å². The molecule has 0 spiro atoms. The number of rotatable bonds is 5. The fourth-order valence-corrected chi connectivity index (χ4v) is 2.22. The average Bonchev–Trinajstić information content (AvgIpc) is 2.45. The first-order chi connectivity index (χ1) is 10.1. The van der Waals surface area contributed by atoms with Crippen molar-refractivity contribution in [2.75, 3.05) is 6.61 Å². The second-order valence-electron chi connectivity index (χ2n) is 4.42. The van der Waals surface area contributed by atoms with Crippen molar-refractivity contribution >= 4 is 33.8 Å². The summed E-state index contributed by atoms with van der Waals surface area (Å²) in [5.41, 5.74) is 2.92. The number of aliphatic imine (C=N–C) groups is 1. The van der Waals surface area contributed by atoms with Crippen LogP contribution in [0.3, 0.4) is 0 Å². The molecule has 21 heavy (non-hydrogen) atoms. The van der Waals surface area contributed by atoms with Crippen LogP contribution >= 0.6 is 15.9 Å². The number of hydrogen-bond acceptors (Lipinski definition) is 3. The predicted octanol–water partition coefficient (Wildman–Crippen LogP) is 3.97. The number of carboxylic acids is 1. The highest BCUT2D eigenvalue weighted by Crippen LogP contribution is 2.26. The Morgan fingerprint density at radius 3 is 2.76 bits per heavy atom. The summed E-state index contributed by atoms with van der Waals surface area (Å²) >= 11 is 3.36. The third kappa shape index (κ3) is 4.43. The van der Waals surface area contributed by atoms with Crippen molar-refractivity contribution < 1.29 is 14.6 Å². The molecule has 4 nitrogen and oxygen atoms in total. The number of halogens is 1. The molecule has 0 atom stereocenters. The van der Waals surface area contributed by atoms with E-state index in [-0.39, 0.29) is 6.61 Å². The Morgan fingerprint density at radius 2 is 2.10 bits per heavy atom. The monoisotopic (exact) mass is 347 g/mol. The maximum absolute atomic E-state index is 10.5. The van der Waals surface area contributed by atoms with Crippen LogP contribution in [0, 0.1) is 6.92 Å². The molecular weight excluding hydrogens is 334 g/mol. The van der Waals surface area contributed by atoms with Crippen LogP contribution in [-0.4, -0.2) is 23.9 Å². The molecule has 0 aliphatic rings. The molecule has 0 saturated heterocycles. The topological polar surface area (TPSA) is 58.9 Å². The third-order valence-electron chi connectivity index (χ3n) is 2.78. The number of carboxylic acid groups (broad SMARTS) is 1. The molecule has 0 saturated carbocycles. The molecule has 0 bridgehead atoms. The molecule has 0 heterocycles. The Labute approximate surface area is 131 Å². The highest BCUT2D eigenvalue weighted by Gasteiger charge is 2.04. The van der Waals surface area contributed by atoms with Crippen LogP contribution in [0.5, 0.6) is 5.75 Å². The summed E-state index contributed by atoms with van der Waals surface area (Å²) in [6.07, 6.45) is 1.76. The van der Waals surface area contributed by atoms with E-state index in [4.69, 9.17) is 9.84 Å². The fraction of sp³-hybridized carbons (Fsp3) is 0.125. The lowest BCUT2D eigenvalue weighted by Crippen LogP contribution is -2.09. The van der Waals surface area contributed by atoms with Crippen molar-refractivity contribution in [2.45, 2.75) is 6.92 Å². The zero-order valence-corrected chi connectivity index (χ0v) is 13.0. The van der Waals surface area contributed by atoms with E-state index >= 15 is 0 Å². The van der Waals surface area contributed by atoms with Gasteiger partial charge in [0, 0.05) is 6.21 Å². The van der Waals surface area contributed by atoms with Gasteiger partial charge >= 0.3 is 5.97 Å². The maximum atomic E-state index is 10.5. The summed E-state index contributed by atoms with van der Waals surface area (Å²) in [6, 6.07) is 13.2. The molecule has 0 fully saturated rings. The number of aliphatic carboxylic acids is 1. The first-order valence-electron chi connectivity index (χ1n) is 6.30. The van der Waals surface area contributed by atoms with Crippen molar-refractivity contribution in [3.05, 3.63) is 58.1 Å². The average molecular weight is 348 g/mol. The van der Waals surface area contributed by atoms with Gasteiger partial charge in [0.05, 0.1) is 10.2 Å². The second-order valence-corrected chi connectivity index (χ2v) is 5.27. The van der Waals surface area contributed by atoms with E-state index in [9.17, 15) is 4.79 Å². The molecule has 0 unspecified atom stereocenters. The number of ether oxygens (including phenoxy) is 1. The first kappa shape index (κ1) is 15.3. The molecule has 1 N–H and O–H groups in total. The van der Waals surface area contributed by atoms with E-state index in [1.165, 1.54) is 0 Å². The molecule has 2 aromatic carbocycles. The lowest BCUT2D eigenvalue weighted by atomic mass is 10.2. The molecule has 0 amide bonds. The molecule has 108 valence electrons. The Bertz CT molecular complexity index is 683. The molecule has 0 radical (unpaired) electrons. The van der Waals surface area contributed by atoms with Crippen LogP contribution in [0.1, 0.15) is 11.1 Å². The molecule has 0 aliphatic carbocycles. The zero-order valence-electron chi connectivity index (χ0n) is 11.4. The minimum absolute atomic E-state index is 0.366. The van der Waals surface area contributed by atoms with Gasteiger partial charge in [-0.05, 0) is 58.2 Å². The van der Waals surface area contributed by atoms with E-state index < -0.39 is 5.97 Å². The van der Waals surface area contributed by atoms with E-state index in [1.54, 1.807) is 12.3 Å². The summed E-state index contributed by atoms with van der Waals surface area (Å²) in [7, 11) is 0. The van der Waals surface area contributed by atoms with Gasteiger partial charge in [-0.3, -0.25) is 4.99 Å². The standard InChI is InChI=1S/C16H14BrNO3/c1-11-4-2-3-5-14(11)18-9-12-6-7-15(13(17)8-12)21-10-16(19)20/h2-9H,10H2,1H3,(H,19,20). The van der Waals surface area contributed by atoms with Crippen LogP contribution in [-0.2, 0) is 4.79 Å². The van der Waals surface area contributed by atoms with Crippen molar-refractivity contribution in [1.29, 1.82) is 0 Å². The normalized spacial score (nSPS) is 10.8. The number of aryl methyl sites for hydroxylation is 1. The smallest absolute Gasteiger partial charge is 0.341 e. The first-order valence-corrected chi connectivity index (χ1v) is 7.09. The summed E-state index contributed by atoms with van der Waals surface area (Å²) in [5.74, 6) is -0.516. The molecule has 2 rings (SSSR count). The number of benzene rings is 2. The fourth-order valence-electron chi connectivity index (χ4n) is 1.71. The van der Waals surface area contributed by atoms with Crippen molar-refractivity contribution in [2.24, 2.45) is 4.99 Å². The zero-order chi connectivity index (χ0) is 15.2. The summed E-state index contributed by atoms with van der Waals surface area (Å²) in [4.78, 5) is 14.9. The van der Waals surface area contributed by atoms with E-state index in [0.717, 1.165) is 16.8 Å². The van der Waals surface area contributed by atoms with Crippen LogP contribution in [0.15, 0.2) is 51.9 Å². The van der Waals surface area contributed by atoms with Gasteiger partial charge in [-0.15, -0.1) is 0 Å². The van der Waals surface area contributed by atoms with Crippen molar-refractivity contribution in [3.8, 4) is 5.75 Å². The largest absolute Gasteiger partial charge is 0.481 e. The Hall–Kier alpha value is -2.14. The molecule has 5 heteroatoms. The van der Waals surface area contributed by atoms with Gasteiger partial charge in [0.1, 0.15) is 5.75 Å². The second kappa shape index (κ2) is 7.04. The Morgan fingerprint density at radius 1 is 1.33 bits per heavy atom. The van der Waals surface area contributed by atoms with Gasteiger partial charge in [-0.1, -0.05) is 18.2 Å². The minimum atomic E-state index is -1.01. The van der Waals surface area contributed by atoms with Gasteiger partial charge in [0.2, 0.25) is 0 Å². The Balaban J connectivity index is 2.13. The predicted molar refractivity (Wildman–Crippen MR) is 85.7 cm³/mol. The van der Waals surface area contributed by atoms with Gasteiger partial charge in [0.15, 0.2) is 6.61 Å². The van der Waals surface area contributed by atoms with Gasteiger partial charge in [-0.25, -0.2) is 4.79 Å². The van der Waals surface area contributed by atoms with E-state index in [0.29, 0.717) is 10.2 Å². The van der Waals surface area contributed by atoms with E-state index in [2.05, 4.69) is 20.9 Å². The van der Waals surface area contributed by atoms with Crippen molar-refractivity contribution in [3.63, 3.8) is 0 Å². The molecule has 0 aliphatic heterocycles. The quantitative estimate of drug-likeness (QED) is 0.832. The lowest BCUT2D eigenvalue weighted by molar-refractivity contribution is -0.139. The van der Waals surface area contributed by atoms with Gasteiger partial charge < -0.3 is 9.84 Å². The number of nitrogens with zero attached hydrogens (tertiary/aromatic N) is 1. The van der Waals surface area contributed by atoms with Crippen LogP contribution in [0.25, 0.3) is 0 Å². The number of para-hydroxylation sites is 1. The summed E-state index contributed by atoms with van der Waals surface area (Å²) in [6.45, 7) is 1.64. The molecule has 0 aromatic heterocycles. The van der Waals surface area contributed by atoms with Crippen LogP contribution in [0.2, 0.25) is 0 Å². The molecule has 2 aromatic rings. The van der Waals surface area contributed by atoms with Crippen molar-refractivity contribution in [1.82, 2.24) is 0 Å². The SMILES string of the molecule is Cc1ccccc1N=Cc1ccc(OCC(=O)O)c(Br)c1. The summed E-state index contributed by atoms with van der Waals surface area (Å²) in [5, 5.41) is 8.60. The van der Waals surface area contributed by atoms with E-state index in [1.807, 2.05) is 43.3 Å². The molecular formula is C16H14BrNO3. The number of carbonyl (C=O) groups is 1. The maximum Gasteiger partial charge on any atom is 0.341 e.